The largest absolute Gasteiger partial charge is 0.481 e. The Morgan fingerprint density at radius 2 is 1.90 bits per heavy atom. The minimum absolute atomic E-state index is 0.146. The molecule has 0 spiro atoms. The fraction of sp³-hybridized carbons (Fsp3) is 0.867. The standard InChI is InChI=1S/C15H28N2O3/c1-4-15(3,13(18)19)10-16-14(20)17-11(2)12-8-6-5-7-9-12/h11-12H,4-10H2,1-3H3,(H,18,19)(H2,16,17,20). The van der Waals surface area contributed by atoms with Gasteiger partial charge in [-0.3, -0.25) is 4.79 Å². The molecule has 5 nitrogen and oxygen atoms in total. The van der Waals surface area contributed by atoms with Gasteiger partial charge in [0, 0.05) is 12.6 Å². The molecule has 1 rings (SSSR count). The number of carboxylic acids is 1. The van der Waals surface area contributed by atoms with E-state index in [2.05, 4.69) is 10.6 Å². The molecule has 0 aromatic carbocycles. The first kappa shape index (κ1) is 16.8. The maximum Gasteiger partial charge on any atom is 0.315 e. The highest BCUT2D eigenvalue weighted by molar-refractivity contribution is 5.77. The SMILES string of the molecule is CCC(C)(CNC(=O)NC(C)C1CCCCC1)C(=O)O. The van der Waals surface area contributed by atoms with Crippen molar-refractivity contribution in [3.8, 4) is 0 Å². The third kappa shape index (κ3) is 4.69. The Kier molecular flexibility index (Phi) is 6.30. The fourth-order valence-electron chi connectivity index (χ4n) is 2.64. The molecule has 0 aliphatic heterocycles. The lowest BCUT2D eigenvalue weighted by molar-refractivity contribution is -0.147. The highest BCUT2D eigenvalue weighted by Gasteiger charge is 2.31. The van der Waals surface area contributed by atoms with Crippen LogP contribution in [0.2, 0.25) is 0 Å². The molecular weight excluding hydrogens is 256 g/mol. The first-order valence-electron chi connectivity index (χ1n) is 7.67. The summed E-state index contributed by atoms with van der Waals surface area (Å²) in [7, 11) is 0. The second-order valence-electron chi connectivity index (χ2n) is 6.23. The predicted octanol–water partition coefficient (Wildman–Crippen LogP) is 2.76. The first-order chi connectivity index (χ1) is 9.39. The van der Waals surface area contributed by atoms with Crippen molar-refractivity contribution in [2.45, 2.75) is 65.3 Å². The highest BCUT2D eigenvalue weighted by Crippen LogP contribution is 2.26. The number of aliphatic carboxylic acids is 1. The first-order valence-corrected chi connectivity index (χ1v) is 7.67. The summed E-state index contributed by atoms with van der Waals surface area (Å²) >= 11 is 0. The summed E-state index contributed by atoms with van der Waals surface area (Å²) < 4.78 is 0. The van der Waals surface area contributed by atoms with Crippen LogP contribution in [0.25, 0.3) is 0 Å². The van der Waals surface area contributed by atoms with E-state index >= 15 is 0 Å². The van der Waals surface area contributed by atoms with Gasteiger partial charge >= 0.3 is 12.0 Å². The topological polar surface area (TPSA) is 78.4 Å². The summed E-state index contributed by atoms with van der Waals surface area (Å²) in [6.45, 7) is 5.66. The highest BCUT2D eigenvalue weighted by atomic mass is 16.4. The van der Waals surface area contributed by atoms with E-state index in [0.29, 0.717) is 12.3 Å². The lowest BCUT2D eigenvalue weighted by atomic mass is 9.84. The molecule has 0 aromatic rings. The van der Waals surface area contributed by atoms with Crippen molar-refractivity contribution in [3.63, 3.8) is 0 Å². The minimum atomic E-state index is -0.897. The van der Waals surface area contributed by atoms with E-state index in [0.717, 1.165) is 0 Å². The van der Waals surface area contributed by atoms with Crippen LogP contribution < -0.4 is 10.6 Å². The van der Waals surface area contributed by atoms with Gasteiger partial charge in [-0.25, -0.2) is 4.79 Å². The van der Waals surface area contributed by atoms with E-state index in [4.69, 9.17) is 5.11 Å². The molecule has 0 bridgehead atoms. The van der Waals surface area contributed by atoms with Gasteiger partial charge in [-0.1, -0.05) is 26.2 Å². The number of hydrogen-bond donors (Lipinski definition) is 3. The van der Waals surface area contributed by atoms with Gasteiger partial charge in [-0.05, 0) is 39.0 Å². The quantitative estimate of drug-likeness (QED) is 0.701. The molecule has 1 aliphatic carbocycles. The van der Waals surface area contributed by atoms with Gasteiger partial charge in [0.2, 0.25) is 0 Å². The maximum absolute atomic E-state index is 11.9. The van der Waals surface area contributed by atoms with Crippen molar-refractivity contribution in [3.05, 3.63) is 0 Å². The molecule has 1 aliphatic rings. The van der Waals surface area contributed by atoms with Crippen LogP contribution in [0.15, 0.2) is 0 Å². The van der Waals surface area contributed by atoms with Crippen molar-refractivity contribution in [1.29, 1.82) is 0 Å². The van der Waals surface area contributed by atoms with E-state index in [9.17, 15) is 9.59 Å². The number of carboxylic acid groups (broad SMARTS) is 1. The summed E-state index contributed by atoms with van der Waals surface area (Å²) in [5, 5.41) is 14.8. The number of amides is 2. The Hall–Kier alpha value is -1.26. The molecule has 3 N–H and O–H groups in total. The van der Waals surface area contributed by atoms with Crippen molar-refractivity contribution >= 4 is 12.0 Å². The van der Waals surface area contributed by atoms with Gasteiger partial charge in [0.05, 0.1) is 5.41 Å². The third-order valence-electron chi connectivity index (χ3n) is 4.65. The van der Waals surface area contributed by atoms with Gasteiger partial charge in [-0.15, -0.1) is 0 Å². The Balaban J connectivity index is 2.37. The fourth-order valence-corrected chi connectivity index (χ4v) is 2.64. The van der Waals surface area contributed by atoms with Crippen LogP contribution in [-0.4, -0.2) is 29.7 Å². The number of urea groups is 1. The number of rotatable bonds is 6. The Morgan fingerprint density at radius 3 is 2.40 bits per heavy atom. The molecule has 1 fully saturated rings. The average molecular weight is 284 g/mol. The van der Waals surface area contributed by atoms with Crippen LogP contribution in [-0.2, 0) is 4.79 Å². The van der Waals surface area contributed by atoms with Crippen molar-refractivity contribution in [2.24, 2.45) is 11.3 Å². The molecule has 116 valence electrons. The average Bonchev–Trinajstić information content (AvgIpc) is 2.45. The smallest absolute Gasteiger partial charge is 0.315 e. The van der Waals surface area contributed by atoms with E-state index < -0.39 is 11.4 Å². The van der Waals surface area contributed by atoms with Gasteiger partial charge in [-0.2, -0.15) is 0 Å². The molecule has 2 atom stereocenters. The number of hydrogen-bond acceptors (Lipinski definition) is 2. The van der Waals surface area contributed by atoms with E-state index in [-0.39, 0.29) is 18.6 Å². The maximum atomic E-state index is 11.9. The Morgan fingerprint density at radius 1 is 1.30 bits per heavy atom. The molecule has 20 heavy (non-hydrogen) atoms. The zero-order valence-electron chi connectivity index (χ0n) is 12.9. The van der Waals surface area contributed by atoms with Crippen LogP contribution in [0.5, 0.6) is 0 Å². The zero-order chi connectivity index (χ0) is 15.2. The molecule has 0 radical (unpaired) electrons. The van der Waals surface area contributed by atoms with Crippen LogP contribution in [0.4, 0.5) is 4.79 Å². The Bertz CT molecular complexity index is 340. The predicted molar refractivity (Wildman–Crippen MR) is 78.6 cm³/mol. The van der Waals surface area contributed by atoms with E-state index in [1.54, 1.807) is 6.92 Å². The third-order valence-corrected chi connectivity index (χ3v) is 4.65. The van der Waals surface area contributed by atoms with Crippen molar-refractivity contribution in [1.82, 2.24) is 10.6 Å². The number of carbonyl (C=O) groups is 2. The molecule has 1 saturated carbocycles. The zero-order valence-corrected chi connectivity index (χ0v) is 12.9. The molecule has 0 heterocycles. The van der Waals surface area contributed by atoms with Crippen LogP contribution in [0.3, 0.4) is 0 Å². The molecule has 0 aromatic heterocycles. The molecule has 2 amide bonds. The lowest BCUT2D eigenvalue weighted by Gasteiger charge is -2.29. The van der Waals surface area contributed by atoms with Gasteiger partial charge < -0.3 is 15.7 Å². The minimum Gasteiger partial charge on any atom is -0.481 e. The van der Waals surface area contributed by atoms with E-state index in [1.165, 1.54) is 32.1 Å². The number of carbonyl (C=O) groups excluding carboxylic acids is 1. The van der Waals surface area contributed by atoms with Gasteiger partial charge in [0.25, 0.3) is 0 Å². The van der Waals surface area contributed by atoms with Crippen LogP contribution in [0.1, 0.15) is 59.3 Å². The van der Waals surface area contributed by atoms with Gasteiger partial charge in [0.1, 0.15) is 0 Å². The van der Waals surface area contributed by atoms with Crippen LogP contribution >= 0.6 is 0 Å². The normalized spacial score (nSPS) is 20.8. The Labute approximate surface area is 121 Å². The van der Waals surface area contributed by atoms with E-state index in [1.807, 2.05) is 13.8 Å². The molecule has 0 saturated heterocycles. The molecule has 2 unspecified atom stereocenters. The van der Waals surface area contributed by atoms with Gasteiger partial charge in [0.15, 0.2) is 0 Å². The summed E-state index contributed by atoms with van der Waals surface area (Å²) in [4.78, 5) is 23.0. The summed E-state index contributed by atoms with van der Waals surface area (Å²) in [5.74, 6) is -0.327. The summed E-state index contributed by atoms with van der Waals surface area (Å²) in [6, 6.07) is -0.114. The van der Waals surface area contributed by atoms with Crippen molar-refractivity contribution < 1.29 is 14.7 Å². The second-order valence-corrected chi connectivity index (χ2v) is 6.23. The molecule has 5 heteroatoms. The summed E-state index contributed by atoms with van der Waals surface area (Å²) in [6.07, 6.45) is 6.60. The second kappa shape index (κ2) is 7.50. The molecular formula is C15H28N2O3. The lowest BCUT2D eigenvalue weighted by Crippen LogP contribution is -2.48. The van der Waals surface area contributed by atoms with Crippen LogP contribution in [0, 0.1) is 11.3 Å². The monoisotopic (exact) mass is 284 g/mol. The van der Waals surface area contributed by atoms with Crippen molar-refractivity contribution in [2.75, 3.05) is 6.54 Å². The summed E-state index contributed by atoms with van der Waals surface area (Å²) in [5.41, 5.74) is -0.897. The number of nitrogens with one attached hydrogen (secondary N) is 2.